The Morgan fingerprint density at radius 3 is 2.86 bits per heavy atom. The van der Waals surface area contributed by atoms with Gasteiger partial charge in [-0.05, 0) is 25.0 Å². The molecule has 0 bridgehead atoms. The van der Waals surface area contributed by atoms with Crippen LogP contribution in [0.5, 0.6) is 5.75 Å². The van der Waals surface area contributed by atoms with Crippen LogP contribution in [-0.2, 0) is 0 Å². The topological polar surface area (TPSA) is 43.7 Å². The number of hydrogen-bond donors (Lipinski definition) is 2. The molecule has 1 fully saturated rings. The molecular weight excluding hydrogens is 185 g/mol. The first-order valence-electron chi connectivity index (χ1n) is 4.62. The van der Waals surface area contributed by atoms with Gasteiger partial charge in [0.1, 0.15) is 17.8 Å². The maximum absolute atomic E-state index is 13.3. The Morgan fingerprint density at radius 1 is 1.43 bits per heavy atom. The Balaban J connectivity index is 2.34. The summed E-state index contributed by atoms with van der Waals surface area (Å²) in [7, 11) is 0. The summed E-state index contributed by atoms with van der Waals surface area (Å²) in [5.74, 6) is -0.399. The van der Waals surface area contributed by atoms with E-state index >= 15 is 0 Å². The molecule has 2 N–H and O–H groups in total. The van der Waals surface area contributed by atoms with E-state index < -0.39 is 12.0 Å². The van der Waals surface area contributed by atoms with Gasteiger partial charge in [-0.3, -0.25) is 0 Å². The SMILES string of the molecule is Oc1ccc(F)c(N2CCCC2O)c1. The van der Waals surface area contributed by atoms with Crippen LogP contribution in [0, 0.1) is 5.82 Å². The van der Waals surface area contributed by atoms with Crippen molar-refractivity contribution < 1.29 is 14.6 Å². The third kappa shape index (κ3) is 1.53. The van der Waals surface area contributed by atoms with Gasteiger partial charge in [0.25, 0.3) is 0 Å². The summed E-state index contributed by atoms with van der Waals surface area (Å²) < 4.78 is 13.3. The number of aliphatic hydroxyl groups excluding tert-OH is 1. The van der Waals surface area contributed by atoms with Gasteiger partial charge >= 0.3 is 0 Å². The third-order valence-corrected chi connectivity index (χ3v) is 2.46. The van der Waals surface area contributed by atoms with Crippen molar-refractivity contribution in [1.29, 1.82) is 0 Å². The number of hydrogen-bond acceptors (Lipinski definition) is 3. The number of anilines is 1. The molecule has 0 spiro atoms. The highest BCUT2D eigenvalue weighted by Gasteiger charge is 2.24. The zero-order valence-corrected chi connectivity index (χ0v) is 7.65. The zero-order chi connectivity index (χ0) is 10.1. The summed E-state index contributed by atoms with van der Waals surface area (Å²) >= 11 is 0. The first kappa shape index (κ1) is 9.27. The summed E-state index contributed by atoms with van der Waals surface area (Å²) in [6.45, 7) is 0.627. The first-order chi connectivity index (χ1) is 6.68. The van der Waals surface area contributed by atoms with E-state index in [0.29, 0.717) is 13.0 Å². The van der Waals surface area contributed by atoms with Gasteiger partial charge in [-0.2, -0.15) is 0 Å². The summed E-state index contributed by atoms with van der Waals surface area (Å²) in [4.78, 5) is 1.56. The highest BCUT2D eigenvalue weighted by Crippen LogP contribution is 2.29. The molecule has 0 aliphatic carbocycles. The van der Waals surface area contributed by atoms with Crippen molar-refractivity contribution in [2.75, 3.05) is 11.4 Å². The average Bonchev–Trinajstić information content (AvgIpc) is 2.56. The van der Waals surface area contributed by atoms with Gasteiger partial charge in [0.15, 0.2) is 0 Å². The monoisotopic (exact) mass is 197 g/mol. The second kappa shape index (κ2) is 3.46. The van der Waals surface area contributed by atoms with E-state index in [9.17, 15) is 14.6 Å². The molecule has 1 unspecified atom stereocenters. The molecule has 1 aliphatic rings. The molecular formula is C10H12FNO2. The summed E-state index contributed by atoms with van der Waals surface area (Å²) in [5.41, 5.74) is 0.273. The minimum atomic E-state index is -0.633. The largest absolute Gasteiger partial charge is 0.508 e. The Kier molecular flexibility index (Phi) is 2.29. The standard InChI is InChI=1S/C10H12FNO2/c11-8-4-3-7(13)6-9(8)12-5-1-2-10(12)14/h3-4,6,10,13-14H,1-2,5H2. The maximum Gasteiger partial charge on any atom is 0.146 e. The molecule has 0 radical (unpaired) electrons. The summed E-state index contributed by atoms with van der Waals surface area (Å²) in [6.07, 6.45) is 0.858. The predicted octanol–water partition coefficient (Wildman–Crippen LogP) is 1.45. The van der Waals surface area contributed by atoms with Crippen LogP contribution in [-0.4, -0.2) is 23.0 Å². The maximum atomic E-state index is 13.3. The molecule has 14 heavy (non-hydrogen) atoms. The highest BCUT2D eigenvalue weighted by molar-refractivity contribution is 5.52. The molecule has 0 aromatic heterocycles. The molecule has 1 saturated heterocycles. The average molecular weight is 197 g/mol. The van der Waals surface area contributed by atoms with Crippen LogP contribution in [0.25, 0.3) is 0 Å². The number of phenols is 1. The Hall–Kier alpha value is -1.29. The van der Waals surface area contributed by atoms with Gasteiger partial charge in [-0.15, -0.1) is 0 Å². The molecule has 0 saturated carbocycles. The van der Waals surface area contributed by atoms with Crippen molar-refractivity contribution in [3.05, 3.63) is 24.0 Å². The van der Waals surface area contributed by atoms with E-state index in [0.717, 1.165) is 6.42 Å². The molecule has 1 aliphatic heterocycles. The molecule has 3 nitrogen and oxygen atoms in total. The fourth-order valence-corrected chi connectivity index (χ4v) is 1.75. The van der Waals surface area contributed by atoms with E-state index in [1.807, 2.05) is 0 Å². The van der Waals surface area contributed by atoms with Crippen molar-refractivity contribution in [3.8, 4) is 5.75 Å². The third-order valence-electron chi connectivity index (χ3n) is 2.46. The summed E-state index contributed by atoms with van der Waals surface area (Å²) in [5, 5.41) is 18.7. The van der Waals surface area contributed by atoms with E-state index in [1.54, 1.807) is 4.90 Å². The zero-order valence-electron chi connectivity index (χ0n) is 7.65. The fraction of sp³-hybridized carbons (Fsp3) is 0.400. The van der Waals surface area contributed by atoms with Gasteiger partial charge in [-0.1, -0.05) is 0 Å². The van der Waals surface area contributed by atoms with E-state index in [-0.39, 0.29) is 11.4 Å². The van der Waals surface area contributed by atoms with Crippen LogP contribution < -0.4 is 4.90 Å². The van der Waals surface area contributed by atoms with Gasteiger partial charge < -0.3 is 15.1 Å². The smallest absolute Gasteiger partial charge is 0.146 e. The van der Waals surface area contributed by atoms with Crippen LogP contribution in [0.3, 0.4) is 0 Å². The molecule has 1 aromatic carbocycles. The predicted molar refractivity (Wildman–Crippen MR) is 50.7 cm³/mol. The van der Waals surface area contributed by atoms with Crippen LogP contribution in [0.1, 0.15) is 12.8 Å². The van der Waals surface area contributed by atoms with Crippen LogP contribution >= 0.6 is 0 Å². The van der Waals surface area contributed by atoms with Crippen molar-refractivity contribution in [1.82, 2.24) is 0 Å². The van der Waals surface area contributed by atoms with Crippen molar-refractivity contribution >= 4 is 5.69 Å². The van der Waals surface area contributed by atoms with E-state index in [4.69, 9.17) is 0 Å². The molecule has 1 aromatic rings. The highest BCUT2D eigenvalue weighted by atomic mass is 19.1. The number of halogens is 1. The van der Waals surface area contributed by atoms with Gasteiger partial charge in [-0.25, -0.2) is 4.39 Å². The molecule has 4 heteroatoms. The van der Waals surface area contributed by atoms with Gasteiger partial charge in [0.05, 0.1) is 5.69 Å². The van der Waals surface area contributed by atoms with Crippen LogP contribution in [0.4, 0.5) is 10.1 Å². The molecule has 1 heterocycles. The Bertz CT molecular complexity index is 343. The molecule has 0 amide bonds. The van der Waals surface area contributed by atoms with Crippen LogP contribution in [0.2, 0.25) is 0 Å². The minimum Gasteiger partial charge on any atom is -0.508 e. The van der Waals surface area contributed by atoms with Gasteiger partial charge in [0.2, 0.25) is 0 Å². The molecule has 2 rings (SSSR count). The quantitative estimate of drug-likeness (QED) is 0.716. The van der Waals surface area contributed by atoms with E-state index in [2.05, 4.69) is 0 Å². The fourth-order valence-electron chi connectivity index (χ4n) is 1.75. The van der Waals surface area contributed by atoms with E-state index in [1.165, 1.54) is 18.2 Å². The number of aliphatic hydroxyl groups is 1. The number of rotatable bonds is 1. The normalized spacial score (nSPS) is 21.6. The summed E-state index contributed by atoms with van der Waals surface area (Å²) in [6, 6.07) is 3.83. The van der Waals surface area contributed by atoms with Crippen molar-refractivity contribution in [2.45, 2.75) is 19.1 Å². The lowest BCUT2D eigenvalue weighted by molar-refractivity contribution is 0.185. The second-order valence-electron chi connectivity index (χ2n) is 3.45. The lowest BCUT2D eigenvalue weighted by Gasteiger charge is -2.22. The lowest BCUT2D eigenvalue weighted by atomic mass is 10.2. The van der Waals surface area contributed by atoms with Gasteiger partial charge in [0, 0.05) is 12.6 Å². The molecule has 1 atom stereocenters. The van der Waals surface area contributed by atoms with Crippen molar-refractivity contribution in [3.63, 3.8) is 0 Å². The number of aromatic hydroxyl groups is 1. The Labute approximate surface area is 81.4 Å². The van der Waals surface area contributed by atoms with Crippen LogP contribution in [0.15, 0.2) is 18.2 Å². The lowest BCUT2D eigenvalue weighted by Crippen LogP contribution is -2.29. The van der Waals surface area contributed by atoms with Crippen molar-refractivity contribution in [2.24, 2.45) is 0 Å². The number of benzene rings is 1. The first-order valence-corrected chi connectivity index (χ1v) is 4.62. The number of nitrogens with zero attached hydrogens (tertiary/aromatic N) is 1. The minimum absolute atomic E-state index is 0.0144. The second-order valence-corrected chi connectivity index (χ2v) is 3.45. The Morgan fingerprint density at radius 2 is 2.21 bits per heavy atom. The number of phenolic OH excluding ortho intramolecular Hbond substituents is 1. The molecule has 76 valence electrons.